The van der Waals surface area contributed by atoms with Gasteiger partial charge in [0.2, 0.25) is 5.91 Å². The normalized spacial score (nSPS) is 10.5. The summed E-state index contributed by atoms with van der Waals surface area (Å²) < 4.78 is 4.92. The molecule has 0 N–H and O–H groups in total. The average molecular weight is 322 g/mol. The Bertz CT molecular complexity index is 598. The minimum atomic E-state index is -0.574. The highest BCUT2D eigenvalue weighted by molar-refractivity contribution is 5.99. The molecular weight excluding hydrogens is 300 g/mol. The number of nitro groups is 1. The highest BCUT2D eigenvalue weighted by atomic mass is 16.6. The number of rotatable bonds is 7. The Hall–Kier alpha value is -2.44. The van der Waals surface area contributed by atoms with E-state index in [1.54, 1.807) is 20.8 Å². The van der Waals surface area contributed by atoms with Crippen molar-refractivity contribution in [3.63, 3.8) is 0 Å². The van der Waals surface area contributed by atoms with Gasteiger partial charge in [-0.15, -0.1) is 0 Å². The van der Waals surface area contributed by atoms with Crippen molar-refractivity contribution in [2.45, 2.75) is 46.6 Å². The molecule has 0 spiro atoms. The van der Waals surface area contributed by atoms with E-state index in [-0.39, 0.29) is 41.9 Å². The van der Waals surface area contributed by atoms with Gasteiger partial charge in [-0.1, -0.05) is 6.92 Å². The van der Waals surface area contributed by atoms with Gasteiger partial charge in [0.15, 0.2) is 0 Å². The van der Waals surface area contributed by atoms with E-state index in [4.69, 9.17) is 4.74 Å². The van der Waals surface area contributed by atoms with Crippen molar-refractivity contribution in [1.29, 1.82) is 0 Å². The number of hydrogen-bond donors (Lipinski definition) is 0. The van der Waals surface area contributed by atoms with Crippen molar-refractivity contribution >= 4 is 23.3 Å². The molecule has 0 saturated carbocycles. The maximum absolute atomic E-state index is 12.4. The smallest absolute Gasteiger partial charge is 0.338 e. The van der Waals surface area contributed by atoms with Crippen LogP contribution in [0.1, 0.15) is 50.9 Å². The summed E-state index contributed by atoms with van der Waals surface area (Å²) in [5.74, 6) is -0.790. The topological polar surface area (TPSA) is 89.8 Å². The summed E-state index contributed by atoms with van der Waals surface area (Å²) in [6.45, 7) is 7.28. The Balaban J connectivity index is 3.42. The maximum atomic E-state index is 12.4. The lowest BCUT2D eigenvalue weighted by Crippen LogP contribution is -2.37. The first-order valence-electron chi connectivity index (χ1n) is 7.61. The van der Waals surface area contributed by atoms with E-state index in [0.29, 0.717) is 6.42 Å². The number of hydrogen-bond acceptors (Lipinski definition) is 5. The fourth-order valence-electron chi connectivity index (χ4n) is 2.25. The maximum Gasteiger partial charge on any atom is 0.338 e. The molecular formula is C16H22N2O5. The van der Waals surface area contributed by atoms with Gasteiger partial charge in [0.25, 0.3) is 5.69 Å². The Kier molecular flexibility index (Phi) is 6.68. The lowest BCUT2D eigenvalue weighted by atomic mass is 10.1. The monoisotopic (exact) mass is 322 g/mol. The predicted octanol–water partition coefficient (Wildman–Crippen LogP) is 3.31. The van der Waals surface area contributed by atoms with Gasteiger partial charge in [0.05, 0.1) is 17.1 Å². The van der Waals surface area contributed by atoms with E-state index in [1.807, 2.05) is 6.92 Å². The molecule has 1 amide bonds. The highest BCUT2D eigenvalue weighted by Crippen LogP contribution is 2.31. The second-order valence-electron chi connectivity index (χ2n) is 5.29. The molecule has 0 aliphatic rings. The summed E-state index contributed by atoms with van der Waals surface area (Å²) in [5.41, 5.74) is 0.0904. The van der Waals surface area contributed by atoms with Gasteiger partial charge in [-0.05, 0) is 39.3 Å². The molecule has 0 fully saturated rings. The van der Waals surface area contributed by atoms with Crippen LogP contribution in [0, 0.1) is 10.1 Å². The number of carbonyl (C=O) groups is 2. The van der Waals surface area contributed by atoms with Crippen LogP contribution in [0.15, 0.2) is 18.2 Å². The number of anilines is 1. The van der Waals surface area contributed by atoms with Crippen molar-refractivity contribution in [3.05, 3.63) is 33.9 Å². The summed E-state index contributed by atoms with van der Waals surface area (Å²) in [4.78, 5) is 36.3. The van der Waals surface area contributed by atoms with E-state index >= 15 is 0 Å². The Morgan fingerprint density at radius 1 is 1.30 bits per heavy atom. The number of nitrogens with zero attached hydrogens (tertiary/aromatic N) is 2. The number of nitro benzene ring substituents is 1. The predicted molar refractivity (Wildman–Crippen MR) is 86.6 cm³/mol. The molecule has 0 unspecified atom stereocenters. The van der Waals surface area contributed by atoms with Crippen LogP contribution >= 0.6 is 0 Å². The van der Waals surface area contributed by atoms with Gasteiger partial charge in [0.1, 0.15) is 5.69 Å². The van der Waals surface area contributed by atoms with E-state index < -0.39 is 10.9 Å². The van der Waals surface area contributed by atoms with Crippen LogP contribution in [0.25, 0.3) is 0 Å². The van der Waals surface area contributed by atoms with Crippen molar-refractivity contribution in [2.75, 3.05) is 11.5 Å². The van der Waals surface area contributed by atoms with Crippen LogP contribution in [-0.4, -0.2) is 29.4 Å². The zero-order valence-corrected chi connectivity index (χ0v) is 13.9. The lowest BCUT2D eigenvalue weighted by molar-refractivity contribution is -0.384. The summed E-state index contributed by atoms with van der Waals surface area (Å²) in [6.07, 6.45) is 0.909. The first-order chi connectivity index (χ1) is 10.8. The minimum absolute atomic E-state index is 0.119. The number of ether oxygens (including phenoxy) is 1. The van der Waals surface area contributed by atoms with Crippen LogP contribution in [0.4, 0.5) is 11.4 Å². The number of carbonyl (C=O) groups excluding carboxylic acids is 2. The summed E-state index contributed by atoms with van der Waals surface area (Å²) in [5, 5.41) is 11.3. The Labute approximate surface area is 135 Å². The van der Waals surface area contributed by atoms with Gasteiger partial charge < -0.3 is 9.64 Å². The first-order valence-corrected chi connectivity index (χ1v) is 7.61. The zero-order chi connectivity index (χ0) is 17.6. The van der Waals surface area contributed by atoms with Gasteiger partial charge >= 0.3 is 5.97 Å². The van der Waals surface area contributed by atoms with E-state index in [9.17, 15) is 19.7 Å². The lowest BCUT2D eigenvalue weighted by Gasteiger charge is -2.26. The zero-order valence-electron chi connectivity index (χ0n) is 13.9. The molecule has 1 rings (SSSR count). The van der Waals surface area contributed by atoms with Crippen LogP contribution in [0.2, 0.25) is 0 Å². The first kappa shape index (κ1) is 18.6. The van der Waals surface area contributed by atoms with Crippen LogP contribution in [0.5, 0.6) is 0 Å². The fourth-order valence-corrected chi connectivity index (χ4v) is 2.25. The molecule has 0 radical (unpaired) electrons. The molecule has 7 heteroatoms. The molecule has 0 aliphatic heterocycles. The van der Waals surface area contributed by atoms with Crippen molar-refractivity contribution in [2.24, 2.45) is 0 Å². The third-order valence-corrected chi connectivity index (χ3v) is 3.19. The summed E-state index contributed by atoms with van der Waals surface area (Å²) in [6, 6.07) is 3.65. The molecule has 7 nitrogen and oxygen atoms in total. The van der Waals surface area contributed by atoms with Gasteiger partial charge in [0, 0.05) is 18.5 Å². The fraction of sp³-hybridized carbons (Fsp3) is 0.500. The largest absolute Gasteiger partial charge is 0.462 e. The van der Waals surface area contributed by atoms with E-state index in [1.165, 1.54) is 23.1 Å². The molecule has 1 aromatic carbocycles. The van der Waals surface area contributed by atoms with Crippen LogP contribution in [0.3, 0.4) is 0 Å². The second kappa shape index (κ2) is 8.26. The second-order valence-corrected chi connectivity index (χ2v) is 5.29. The molecule has 0 saturated heterocycles. The van der Waals surface area contributed by atoms with Crippen LogP contribution in [-0.2, 0) is 9.53 Å². The van der Waals surface area contributed by atoms with Crippen molar-refractivity contribution in [3.8, 4) is 0 Å². The standard InChI is InChI=1S/C16H22N2O5/c1-5-7-15(19)17(11(3)4)14-10-12(16(20)23-6-2)8-9-13(14)18(21)22/h8-11H,5-7H2,1-4H3. The molecule has 0 aromatic heterocycles. The summed E-state index contributed by atoms with van der Waals surface area (Å²) in [7, 11) is 0. The molecule has 0 aliphatic carbocycles. The number of amides is 1. The van der Waals surface area contributed by atoms with Crippen molar-refractivity contribution in [1.82, 2.24) is 0 Å². The number of benzene rings is 1. The van der Waals surface area contributed by atoms with Crippen molar-refractivity contribution < 1.29 is 19.2 Å². The Morgan fingerprint density at radius 3 is 2.43 bits per heavy atom. The summed E-state index contributed by atoms with van der Waals surface area (Å²) >= 11 is 0. The molecule has 0 bridgehead atoms. The molecule has 1 aromatic rings. The Morgan fingerprint density at radius 2 is 1.96 bits per heavy atom. The van der Waals surface area contributed by atoms with E-state index in [2.05, 4.69) is 0 Å². The molecule has 0 heterocycles. The molecule has 23 heavy (non-hydrogen) atoms. The third-order valence-electron chi connectivity index (χ3n) is 3.19. The average Bonchev–Trinajstić information content (AvgIpc) is 2.47. The highest BCUT2D eigenvalue weighted by Gasteiger charge is 2.27. The molecule has 0 atom stereocenters. The third kappa shape index (κ3) is 4.51. The quantitative estimate of drug-likeness (QED) is 0.436. The van der Waals surface area contributed by atoms with Gasteiger partial charge in [-0.2, -0.15) is 0 Å². The minimum Gasteiger partial charge on any atom is -0.462 e. The number of esters is 1. The molecule has 126 valence electrons. The van der Waals surface area contributed by atoms with Crippen LogP contribution < -0.4 is 4.90 Å². The van der Waals surface area contributed by atoms with Gasteiger partial charge in [-0.3, -0.25) is 14.9 Å². The van der Waals surface area contributed by atoms with Gasteiger partial charge in [-0.25, -0.2) is 4.79 Å². The van der Waals surface area contributed by atoms with E-state index in [0.717, 1.165) is 0 Å². The SMILES string of the molecule is CCCC(=O)N(c1cc(C(=O)OCC)ccc1[N+](=O)[O-])C(C)C.